The lowest BCUT2D eigenvalue weighted by Crippen LogP contribution is -2.40. The van der Waals surface area contributed by atoms with Crippen LogP contribution in [0.3, 0.4) is 0 Å². The van der Waals surface area contributed by atoms with E-state index in [-0.39, 0.29) is 24.3 Å². The first-order valence-corrected chi connectivity index (χ1v) is 13.4. The molecule has 0 aliphatic carbocycles. The number of piperidine rings is 1. The highest BCUT2D eigenvalue weighted by molar-refractivity contribution is 7.10. The molecule has 2 aromatic carbocycles. The number of para-hydroxylation sites is 1. The van der Waals surface area contributed by atoms with E-state index in [2.05, 4.69) is 22.2 Å². The molecule has 0 bridgehead atoms. The normalized spacial score (nSPS) is 14.1. The minimum absolute atomic E-state index is 0.00393. The lowest BCUT2D eigenvalue weighted by molar-refractivity contribution is -0.134. The van der Waals surface area contributed by atoms with Crippen LogP contribution < -0.4 is 10.1 Å². The van der Waals surface area contributed by atoms with E-state index in [0.717, 1.165) is 51.4 Å². The SMILES string of the molecule is Cc1cc(NC(=O)c2csc(C3CCN(C(=O)COc4ccc(C)c(C)c4)CC3)n2)c2ccccc2n1. The fourth-order valence-electron chi connectivity index (χ4n) is 4.59. The molecule has 0 spiro atoms. The molecule has 1 aliphatic rings. The Balaban J connectivity index is 1.16. The zero-order valence-electron chi connectivity index (χ0n) is 21.3. The second-order valence-electron chi connectivity index (χ2n) is 9.54. The van der Waals surface area contributed by atoms with Gasteiger partial charge in [-0.1, -0.05) is 24.3 Å². The largest absolute Gasteiger partial charge is 0.484 e. The van der Waals surface area contributed by atoms with Gasteiger partial charge in [0.05, 0.1) is 16.2 Å². The Bertz CT molecular complexity index is 1460. The van der Waals surface area contributed by atoms with E-state index in [4.69, 9.17) is 4.74 Å². The minimum atomic E-state index is -0.227. The molecule has 1 fully saturated rings. The van der Waals surface area contributed by atoms with Crippen LogP contribution in [-0.4, -0.2) is 46.4 Å². The van der Waals surface area contributed by atoms with Crippen molar-refractivity contribution in [2.45, 2.75) is 39.5 Å². The molecule has 2 aromatic heterocycles. The standard InChI is InChI=1S/C29H30N4O3S/c1-18-8-9-22(14-19(18)2)36-16-27(34)33-12-10-21(11-13-33)29-32-26(17-37-29)28(35)31-25-15-20(3)30-24-7-5-4-6-23(24)25/h4-9,14-15,17,21H,10-13,16H2,1-3H3,(H,30,31,35). The fourth-order valence-corrected chi connectivity index (χ4v) is 5.56. The summed E-state index contributed by atoms with van der Waals surface area (Å²) in [5.74, 6) is 0.722. The number of hydrogen-bond donors (Lipinski definition) is 1. The monoisotopic (exact) mass is 514 g/mol. The highest BCUT2D eigenvalue weighted by atomic mass is 32.1. The number of aryl methyl sites for hydroxylation is 3. The Hall–Kier alpha value is -3.78. The van der Waals surface area contributed by atoms with Gasteiger partial charge in [-0.15, -0.1) is 11.3 Å². The van der Waals surface area contributed by atoms with Gasteiger partial charge >= 0.3 is 0 Å². The van der Waals surface area contributed by atoms with Crippen molar-refractivity contribution in [3.8, 4) is 5.75 Å². The third-order valence-electron chi connectivity index (χ3n) is 6.88. The third-order valence-corrected chi connectivity index (χ3v) is 7.89. The number of rotatable bonds is 6. The van der Waals surface area contributed by atoms with Crippen LogP contribution >= 0.6 is 11.3 Å². The van der Waals surface area contributed by atoms with Gasteiger partial charge in [-0.05, 0) is 69.0 Å². The van der Waals surface area contributed by atoms with Gasteiger partial charge in [-0.2, -0.15) is 0 Å². The van der Waals surface area contributed by atoms with Gasteiger partial charge in [0.15, 0.2) is 6.61 Å². The van der Waals surface area contributed by atoms with E-state index in [9.17, 15) is 9.59 Å². The van der Waals surface area contributed by atoms with Crippen LogP contribution in [0.1, 0.15) is 51.1 Å². The number of fused-ring (bicyclic) bond motifs is 1. The Kier molecular flexibility index (Phi) is 7.19. The molecule has 1 aliphatic heterocycles. The van der Waals surface area contributed by atoms with Gasteiger partial charge < -0.3 is 15.0 Å². The Labute approximate surface area is 220 Å². The van der Waals surface area contributed by atoms with E-state index in [1.807, 2.05) is 72.7 Å². The van der Waals surface area contributed by atoms with Gasteiger partial charge in [-0.25, -0.2) is 4.98 Å². The van der Waals surface area contributed by atoms with Crippen LogP contribution in [0, 0.1) is 20.8 Å². The molecule has 0 saturated carbocycles. The van der Waals surface area contributed by atoms with Crippen LogP contribution in [-0.2, 0) is 4.79 Å². The van der Waals surface area contributed by atoms with Crippen molar-refractivity contribution >= 4 is 39.7 Å². The number of benzene rings is 2. The Morgan fingerprint density at radius 3 is 2.59 bits per heavy atom. The highest BCUT2D eigenvalue weighted by Crippen LogP contribution is 2.31. The van der Waals surface area contributed by atoms with Gasteiger partial charge in [-0.3, -0.25) is 14.6 Å². The van der Waals surface area contributed by atoms with Crippen molar-refractivity contribution in [1.82, 2.24) is 14.9 Å². The van der Waals surface area contributed by atoms with E-state index < -0.39 is 0 Å². The average Bonchev–Trinajstić information content (AvgIpc) is 3.40. The second-order valence-corrected chi connectivity index (χ2v) is 10.4. The molecule has 190 valence electrons. The summed E-state index contributed by atoms with van der Waals surface area (Å²) in [5, 5.41) is 6.67. The van der Waals surface area contributed by atoms with Crippen molar-refractivity contribution < 1.29 is 14.3 Å². The van der Waals surface area contributed by atoms with Gasteiger partial charge in [0, 0.05) is 35.5 Å². The number of aromatic nitrogens is 2. The number of ether oxygens (including phenoxy) is 1. The first-order valence-electron chi connectivity index (χ1n) is 12.5. The molecule has 1 N–H and O–H groups in total. The first kappa shape index (κ1) is 24.9. The maximum absolute atomic E-state index is 13.0. The molecular weight excluding hydrogens is 484 g/mol. The molecule has 2 amide bonds. The molecule has 0 radical (unpaired) electrons. The van der Waals surface area contributed by atoms with E-state index in [1.165, 1.54) is 16.9 Å². The molecule has 0 atom stereocenters. The lowest BCUT2D eigenvalue weighted by Gasteiger charge is -2.31. The van der Waals surface area contributed by atoms with E-state index in [0.29, 0.717) is 18.8 Å². The van der Waals surface area contributed by atoms with E-state index in [1.54, 1.807) is 0 Å². The maximum Gasteiger partial charge on any atom is 0.275 e. The van der Waals surface area contributed by atoms with E-state index >= 15 is 0 Å². The molecule has 8 heteroatoms. The predicted octanol–water partition coefficient (Wildman–Crippen LogP) is 5.65. The fraction of sp³-hybridized carbons (Fsp3) is 0.310. The molecule has 5 rings (SSSR count). The predicted molar refractivity (Wildman–Crippen MR) is 147 cm³/mol. The summed E-state index contributed by atoms with van der Waals surface area (Å²) in [4.78, 5) is 36.7. The smallest absolute Gasteiger partial charge is 0.275 e. The number of amides is 2. The topological polar surface area (TPSA) is 84.4 Å². The Morgan fingerprint density at radius 1 is 1.03 bits per heavy atom. The number of anilines is 1. The van der Waals surface area contributed by atoms with Crippen molar-refractivity contribution in [1.29, 1.82) is 0 Å². The van der Waals surface area contributed by atoms with Crippen molar-refractivity contribution in [3.63, 3.8) is 0 Å². The number of thiazole rings is 1. The molecule has 1 saturated heterocycles. The van der Waals surface area contributed by atoms with Gasteiger partial charge in [0.2, 0.25) is 0 Å². The number of pyridine rings is 1. The number of likely N-dealkylation sites (tertiary alicyclic amines) is 1. The quantitative estimate of drug-likeness (QED) is 0.359. The highest BCUT2D eigenvalue weighted by Gasteiger charge is 2.26. The number of hydrogen-bond acceptors (Lipinski definition) is 6. The molecule has 7 nitrogen and oxygen atoms in total. The Morgan fingerprint density at radius 2 is 1.81 bits per heavy atom. The summed E-state index contributed by atoms with van der Waals surface area (Å²) in [6.07, 6.45) is 1.64. The number of carbonyl (C=O) groups is 2. The van der Waals surface area contributed by atoms with Gasteiger partial charge in [0.1, 0.15) is 11.4 Å². The molecule has 0 unspecified atom stereocenters. The summed E-state index contributed by atoms with van der Waals surface area (Å²) in [5.41, 5.74) is 5.18. The average molecular weight is 515 g/mol. The summed E-state index contributed by atoms with van der Waals surface area (Å²) < 4.78 is 5.73. The van der Waals surface area contributed by atoms with Crippen LogP contribution in [0.15, 0.2) is 53.9 Å². The summed E-state index contributed by atoms with van der Waals surface area (Å²) in [6, 6.07) is 15.5. The van der Waals surface area contributed by atoms with Crippen LogP contribution in [0.4, 0.5) is 5.69 Å². The summed E-state index contributed by atoms with van der Waals surface area (Å²) in [6.45, 7) is 7.35. The molecule has 4 aromatic rings. The third kappa shape index (κ3) is 5.64. The van der Waals surface area contributed by atoms with Crippen molar-refractivity contribution in [2.24, 2.45) is 0 Å². The molecular formula is C29H30N4O3S. The van der Waals surface area contributed by atoms with Gasteiger partial charge in [0.25, 0.3) is 11.8 Å². The van der Waals surface area contributed by atoms with Crippen LogP contribution in [0.5, 0.6) is 5.75 Å². The first-order chi connectivity index (χ1) is 17.9. The van der Waals surface area contributed by atoms with Crippen molar-refractivity contribution in [2.75, 3.05) is 25.0 Å². The summed E-state index contributed by atoms with van der Waals surface area (Å²) >= 11 is 1.51. The molecule has 3 heterocycles. The number of nitrogens with zero attached hydrogens (tertiary/aromatic N) is 3. The minimum Gasteiger partial charge on any atom is -0.484 e. The molecule has 37 heavy (non-hydrogen) atoms. The van der Waals surface area contributed by atoms with Crippen molar-refractivity contribution in [3.05, 3.63) is 81.4 Å². The second kappa shape index (κ2) is 10.7. The maximum atomic E-state index is 13.0. The summed E-state index contributed by atoms with van der Waals surface area (Å²) in [7, 11) is 0. The zero-order chi connectivity index (χ0) is 25.9. The number of nitrogens with one attached hydrogen (secondary N) is 1. The lowest BCUT2D eigenvalue weighted by atomic mass is 9.97. The number of carbonyl (C=O) groups excluding carboxylic acids is 2. The van der Waals surface area contributed by atoms with Crippen LogP contribution in [0.2, 0.25) is 0 Å². The zero-order valence-corrected chi connectivity index (χ0v) is 22.1. The van der Waals surface area contributed by atoms with Crippen LogP contribution in [0.25, 0.3) is 10.9 Å².